The number of hydrogen-bond donors (Lipinski definition) is 3. The predicted octanol–water partition coefficient (Wildman–Crippen LogP) is 9.23. The maximum atomic E-state index is 13.7. The molecule has 0 aliphatic carbocycles. The molecule has 298 valence electrons. The number of rotatable bonds is 9. The second-order valence-electron chi connectivity index (χ2n) is 16.4. The number of carbonyl (C=O) groups excluding carboxylic acids is 3. The van der Waals surface area contributed by atoms with Crippen LogP contribution in [-0.4, -0.2) is 79.7 Å². The second-order valence-corrected chi connectivity index (χ2v) is 16.4. The van der Waals surface area contributed by atoms with Gasteiger partial charge in [-0.05, 0) is 105 Å². The molecule has 57 heavy (non-hydrogen) atoms. The molecule has 2 aliphatic rings. The summed E-state index contributed by atoms with van der Waals surface area (Å²) in [5.74, 6) is 1.24. The number of alkyl carbamates (subject to hydrolysis) is 1. The SMILES string of the molecule is COC(=O)N[C@H](C(=O)N1CCC[C@H]1c1ncc(-c2cc(C)c(-c3ccc(-c4cnc([C@@H]5CCCN5C(=O)OC(C)(C)C)[nH]4)cc3)c(-c3ccccc3)c2)[nH]1)C(C)C. The fourth-order valence-corrected chi connectivity index (χ4v) is 8.08. The zero-order valence-electron chi connectivity index (χ0n) is 33.9. The molecule has 3 atom stereocenters. The van der Waals surface area contributed by atoms with Crippen LogP contribution < -0.4 is 5.32 Å². The van der Waals surface area contributed by atoms with E-state index in [2.05, 4.69) is 70.7 Å². The summed E-state index contributed by atoms with van der Waals surface area (Å²) in [5.41, 5.74) is 8.68. The van der Waals surface area contributed by atoms with Crippen LogP contribution in [0.15, 0.2) is 79.1 Å². The molecule has 0 unspecified atom stereocenters. The molecule has 0 bridgehead atoms. The summed E-state index contributed by atoms with van der Waals surface area (Å²) in [5, 5.41) is 2.72. The summed E-state index contributed by atoms with van der Waals surface area (Å²) in [6.07, 6.45) is 6.09. The molecular formula is C45H53N7O5. The van der Waals surface area contributed by atoms with E-state index in [-0.39, 0.29) is 30.0 Å². The Balaban J connectivity index is 1.15. The van der Waals surface area contributed by atoms with Crippen molar-refractivity contribution < 1.29 is 23.9 Å². The Morgan fingerprint density at radius 1 is 0.789 bits per heavy atom. The van der Waals surface area contributed by atoms with Gasteiger partial charge in [0.05, 0.1) is 43.0 Å². The average Bonchev–Trinajstić information content (AvgIpc) is 4.02. The number of nitrogens with zero attached hydrogens (tertiary/aromatic N) is 4. The molecular weight excluding hydrogens is 719 g/mol. The number of likely N-dealkylation sites (tertiary alicyclic amines) is 2. The van der Waals surface area contributed by atoms with Crippen LogP contribution in [0.3, 0.4) is 0 Å². The number of ether oxygens (including phenoxy) is 2. The second kappa shape index (κ2) is 16.3. The van der Waals surface area contributed by atoms with Gasteiger partial charge in [0.25, 0.3) is 0 Å². The van der Waals surface area contributed by atoms with Gasteiger partial charge in [-0.1, -0.05) is 68.4 Å². The maximum Gasteiger partial charge on any atom is 0.410 e. The summed E-state index contributed by atoms with van der Waals surface area (Å²) >= 11 is 0. The summed E-state index contributed by atoms with van der Waals surface area (Å²) in [7, 11) is 1.30. The highest BCUT2D eigenvalue weighted by molar-refractivity contribution is 5.90. The third kappa shape index (κ3) is 8.45. The zero-order valence-corrected chi connectivity index (χ0v) is 33.9. The van der Waals surface area contributed by atoms with Gasteiger partial charge in [-0.2, -0.15) is 0 Å². The number of nitrogens with one attached hydrogen (secondary N) is 3. The summed E-state index contributed by atoms with van der Waals surface area (Å²) in [6.45, 7) is 12.8. The Kier molecular flexibility index (Phi) is 11.2. The summed E-state index contributed by atoms with van der Waals surface area (Å²) in [4.78, 5) is 58.9. The van der Waals surface area contributed by atoms with E-state index in [1.165, 1.54) is 7.11 Å². The highest BCUT2D eigenvalue weighted by Gasteiger charge is 2.38. The fraction of sp³-hybridized carbons (Fsp3) is 0.400. The Hall–Kier alpha value is -5.91. The van der Waals surface area contributed by atoms with Crippen molar-refractivity contribution in [2.75, 3.05) is 20.2 Å². The van der Waals surface area contributed by atoms with Gasteiger partial charge in [0.15, 0.2) is 0 Å². The van der Waals surface area contributed by atoms with Crippen LogP contribution in [0.5, 0.6) is 0 Å². The van der Waals surface area contributed by atoms with E-state index >= 15 is 0 Å². The molecule has 12 nitrogen and oxygen atoms in total. The maximum absolute atomic E-state index is 13.7. The van der Waals surface area contributed by atoms with E-state index in [9.17, 15) is 14.4 Å². The minimum Gasteiger partial charge on any atom is -0.453 e. The van der Waals surface area contributed by atoms with Gasteiger partial charge >= 0.3 is 12.2 Å². The van der Waals surface area contributed by atoms with Crippen molar-refractivity contribution in [3.05, 3.63) is 96.3 Å². The molecule has 3 aromatic carbocycles. The number of carbonyl (C=O) groups is 3. The highest BCUT2D eigenvalue weighted by Crippen LogP contribution is 2.40. The van der Waals surface area contributed by atoms with Crippen molar-refractivity contribution in [1.29, 1.82) is 0 Å². The summed E-state index contributed by atoms with van der Waals surface area (Å²) < 4.78 is 10.5. The number of amides is 3. The molecule has 12 heteroatoms. The van der Waals surface area contributed by atoms with E-state index in [1.54, 1.807) is 4.90 Å². The fourth-order valence-electron chi connectivity index (χ4n) is 8.08. The molecule has 4 heterocycles. The topological polar surface area (TPSA) is 146 Å². The first-order valence-electron chi connectivity index (χ1n) is 19.9. The van der Waals surface area contributed by atoms with Gasteiger partial charge in [-0.3, -0.25) is 9.69 Å². The van der Waals surface area contributed by atoms with E-state index in [1.807, 2.05) is 70.1 Å². The van der Waals surface area contributed by atoms with Crippen LogP contribution in [0, 0.1) is 12.8 Å². The van der Waals surface area contributed by atoms with Crippen LogP contribution >= 0.6 is 0 Å². The molecule has 0 radical (unpaired) electrons. The molecule has 2 fully saturated rings. The molecule has 5 aromatic rings. The smallest absolute Gasteiger partial charge is 0.410 e. The lowest BCUT2D eigenvalue weighted by Gasteiger charge is -2.30. The first-order valence-corrected chi connectivity index (χ1v) is 19.9. The monoisotopic (exact) mass is 771 g/mol. The number of methoxy groups -OCH3 is 1. The largest absolute Gasteiger partial charge is 0.453 e. The van der Waals surface area contributed by atoms with Gasteiger partial charge in [0.1, 0.15) is 23.3 Å². The number of aromatic nitrogens is 4. The third-order valence-corrected chi connectivity index (χ3v) is 10.8. The van der Waals surface area contributed by atoms with Gasteiger partial charge in [-0.15, -0.1) is 0 Å². The minimum atomic E-state index is -0.698. The Morgan fingerprint density at radius 2 is 1.37 bits per heavy atom. The minimum absolute atomic E-state index is 0.113. The van der Waals surface area contributed by atoms with Gasteiger partial charge < -0.3 is 29.7 Å². The van der Waals surface area contributed by atoms with Crippen LogP contribution in [0.2, 0.25) is 0 Å². The van der Waals surface area contributed by atoms with Crippen molar-refractivity contribution >= 4 is 18.1 Å². The molecule has 0 saturated carbocycles. The van der Waals surface area contributed by atoms with E-state index in [0.717, 1.165) is 87.7 Å². The van der Waals surface area contributed by atoms with Crippen molar-refractivity contribution in [3.8, 4) is 44.8 Å². The molecule has 0 spiro atoms. The average molecular weight is 772 g/mol. The zero-order chi connectivity index (χ0) is 40.4. The first kappa shape index (κ1) is 39.3. The Bertz CT molecular complexity index is 2220. The van der Waals surface area contributed by atoms with Crippen LogP contribution in [0.25, 0.3) is 44.8 Å². The Morgan fingerprint density at radius 3 is 1.96 bits per heavy atom. The van der Waals surface area contributed by atoms with E-state index in [0.29, 0.717) is 13.1 Å². The van der Waals surface area contributed by atoms with Crippen LogP contribution in [-0.2, 0) is 14.3 Å². The van der Waals surface area contributed by atoms with Gasteiger partial charge in [0.2, 0.25) is 5.91 Å². The number of aryl methyl sites for hydroxylation is 1. The molecule has 7 rings (SSSR count). The molecule has 2 aliphatic heterocycles. The molecule has 3 amide bonds. The molecule has 2 aromatic heterocycles. The third-order valence-electron chi connectivity index (χ3n) is 10.8. The Labute approximate surface area is 334 Å². The van der Waals surface area contributed by atoms with Gasteiger partial charge in [-0.25, -0.2) is 19.6 Å². The van der Waals surface area contributed by atoms with Crippen LogP contribution in [0.4, 0.5) is 9.59 Å². The van der Waals surface area contributed by atoms with Gasteiger partial charge in [0, 0.05) is 18.7 Å². The quantitative estimate of drug-likeness (QED) is 0.135. The van der Waals surface area contributed by atoms with E-state index in [4.69, 9.17) is 19.4 Å². The van der Waals surface area contributed by atoms with Crippen molar-refractivity contribution in [2.24, 2.45) is 5.92 Å². The number of benzene rings is 3. The van der Waals surface area contributed by atoms with Crippen LogP contribution in [0.1, 0.15) is 89.6 Å². The molecule has 3 N–H and O–H groups in total. The van der Waals surface area contributed by atoms with Crippen molar-refractivity contribution in [1.82, 2.24) is 35.1 Å². The summed E-state index contributed by atoms with van der Waals surface area (Å²) in [6, 6.07) is 22.2. The van der Waals surface area contributed by atoms with Crippen molar-refractivity contribution in [3.63, 3.8) is 0 Å². The number of imidazole rings is 2. The normalized spacial score (nSPS) is 17.5. The lowest BCUT2D eigenvalue weighted by atomic mass is 9.88. The molecule has 2 saturated heterocycles. The lowest BCUT2D eigenvalue weighted by molar-refractivity contribution is -0.135. The lowest BCUT2D eigenvalue weighted by Crippen LogP contribution is -2.51. The van der Waals surface area contributed by atoms with E-state index < -0.39 is 17.7 Å². The highest BCUT2D eigenvalue weighted by atomic mass is 16.6. The predicted molar refractivity (Wildman–Crippen MR) is 220 cm³/mol. The standard InChI is InChI=1S/C45H53N7O5/c1-27(2)39(50-43(54)56-7)42(53)51-21-11-15-36(51)40-47-26-35(49-40)32-23-28(3)38(33(24-32)29-13-9-8-10-14-29)31-19-17-30(18-20-31)34-25-46-41(48-34)37-16-12-22-52(37)44(55)57-45(4,5)6/h8-10,13-14,17-20,23-27,36-37,39H,11-12,15-16,21-22H2,1-7H3,(H,46,48)(H,47,49)(H,50,54)/t36-,37-,39-/m0/s1. The number of H-pyrrole nitrogens is 2. The number of aromatic amines is 2. The van der Waals surface area contributed by atoms with Crippen molar-refractivity contribution in [2.45, 2.75) is 91.0 Å². The first-order chi connectivity index (χ1) is 27.3. The number of hydrogen-bond acceptors (Lipinski definition) is 7.